The lowest BCUT2D eigenvalue weighted by molar-refractivity contribution is 0.415. The van der Waals surface area contributed by atoms with Crippen molar-refractivity contribution in [2.75, 3.05) is 12.4 Å². The maximum absolute atomic E-state index is 5.17. The highest BCUT2D eigenvalue weighted by molar-refractivity contribution is 9.10. The van der Waals surface area contributed by atoms with Crippen molar-refractivity contribution in [3.05, 3.63) is 52.8 Å². The van der Waals surface area contributed by atoms with Crippen LogP contribution in [0.2, 0.25) is 0 Å². The Morgan fingerprint density at radius 2 is 2.18 bits per heavy atom. The lowest BCUT2D eigenvalue weighted by Gasteiger charge is -2.08. The van der Waals surface area contributed by atoms with Crippen LogP contribution in [-0.2, 0) is 6.54 Å². The number of anilines is 1. The molecule has 17 heavy (non-hydrogen) atoms. The van der Waals surface area contributed by atoms with E-state index >= 15 is 0 Å². The van der Waals surface area contributed by atoms with Gasteiger partial charge in [-0.25, -0.2) is 4.98 Å². The first-order valence-corrected chi connectivity index (χ1v) is 6.06. The van der Waals surface area contributed by atoms with Crippen LogP contribution in [0.4, 0.5) is 5.69 Å². The molecule has 2 rings (SSSR count). The third-order valence-electron chi connectivity index (χ3n) is 2.39. The molecule has 3 nitrogen and oxygen atoms in total. The zero-order chi connectivity index (χ0) is 12.1. The molecule has 0 aliphatic rings. The van der Waals surface area contributed by atoms with E-state index in [1.54, 1.807) is 13.3 Å². The van der Waals surface area contributed by atoms with E-state index in [9.17, 15) is 0 Å². The van der Waals surface area contributed by atoms with Crippen molar-refractivity contribution >= 4 is 21.6 Å². The summed E-state index contributed by atoms with van der Waals surface area (Å²) in [5, 5.41) is 3.33. The number of hydrogen-bond acceptors (Lipinski definition) is 3. The third kappa shape index (κ3) is 3.20. The summed E-state index contributed by atoms with van der Waals surface area (Å²) >= 11 is 3.42. The predicted octanol–water partition coefficient (Wildman–Crippen LogP) is 3.46. The van der Waals surface area contributed by atoms with Crippen LogP contribution in [0.5, 0.6) is 5.75 Å². The van der Waals surface area contributed by atoms with Crippen LogP contribution < -0.4 is 10.1 Å². The Bertz CT molecular complexity index is 502. The maximum atomic E-state index is 5.17. The summed E-state index contributed by atoms with van der Waals surface area (Å²) < 4.78 is 6.04. The molecule has 0 radical (unpaired) electrons. The topological polar surface area (TPSA) is 34.1 Å². The molecule has 0 saturated carbocycles. The lowest BCUT2D eigenvalue weighted by Crippen LogP contribution is -2.00. The maximum Gasteiger partial charge on any atom is 0.120 e. The first kappa shape index (κ1) is 11.9. The molecule has 1 N–H and O–H groups in total. The molecule has 0 fully saturated rings. The first-order chi connectivity index (χ1) is 8.29. The highest BCUT2D eigenvalue weighted by Crippen LogP contribution is 2.19. The molecule has 0 aliphatic heterocycles. The van der Waals surface area contributed by atoms with E-state index in [2.05, 4.69) is 26.2 Å². The Kier molecular flexibility index (Phi) is 3.98. The lowest BCUT2D eigenvalue weighted by atomic mass is 10.2. The minimum Gasteiger partial charge on any atom is -0.497 e. The molecule has 0 bridgehead atoms. The number of nitrogens with zero attached hydrogens (tertiary/aromatic N) is 1. The molecule has 0 spiro atoms. The summed E-state index contributed by atoms with van der Waals surface area (Å²) in [5.41, 5.74) is 2.15. The first-order valence-electron chi connectivity index (χ1n) is 5.27. The van der Waals surface area contributed by atoms with Crippen LogP contribution in [-0.4, -0.2) is 12.1 Å². The van der Waals surface area contributed by atoms with Crippen LogP contribution in [0.1, 0.15) is 5.56 Å². The Balaban J connectivity index is 2.05. The number of aromatic nitrogens is 1. The van der Waals surface area contributed by atoms with Gasteiger partial charge in [0.25, 0.3) is 0 Å². The van der Waals surface area contributed by atoms with Gasteiger partial charge in [-0.1, -0.05) is 12.1 Å². The van der Waals surface area contributed by atoms with E-state index in [0.29, 0.717) is 0 Å². The fraction of sp³-hybridized carbons (Fsp3) is 0.154. The van der Waals surface area contributed by atoms with Crippen molar-refractivity contribution < 1.29 is 4.74 Å². The smallest absolute Gasteiger partial charge is 0.120 e. The van der Waals surface area contributed by atoms with Gasteiger partial charge in [0.05, 0.1) is 7.11 Å². The minimum absolute atomic E-state index is 0.724. The van der Waals surface area contributed by atoms with Crippen molar-refractivity contribution in [3.63, 3.8) is 0 Å². The summed E-state index contributed by atoms with van der Waals surface area (Å²) in [5.74, 6) is 0.847. The number of hydrogen-bond donors (Lipinski definition) is 1. The SMILES string of the molecule is COc1cccc(NCc2cccnc2Br)c1. The molecule has 1 heterocycles. The fourth-order valence-electron chi connectivity index (χ4n) is 1.48. The molecule has 0 saturated heterocycles. The normalized spacial score (nSPS) is 10.0. The second-order valence-electron chi connectivity index (χ2n) is 3.54. The van der Waals surface area contributed by atoms with Crippen LogP contribution in [0, 0.1) is 0 Å². The van der Waals surface area contributed by atoms with Crippen molar-refractivity contribution in [1.82, 2.24) is 4.98 Å². The van der Waals surface area contributed by atoms with Gasteiger partial charge >= 0.3 is 0 Å². The zero-order valence-electron chi connectivity index (χ0n) is 9.48. The number of ether oxygens (including phenoxy) is 1. The van der Waals surface area contributed by atoms with E-state index in [1.165, 1.54) is 0 Å². The highest BCUT2D eigenvalue weighted by atomic mass is 79.9. The van der Waals surface area contributed by atoms with Gasteiger partial charge in [-0.2, -0.15) is 0 Å². The Hall–Kier alpha value is -1.55. The molecule has 0 unspecified atom stereocenters. The summed E-state index contributed by atoms with van der Waals surface area (Å²) in [6, 6.07) is 11.8. The number of methoxy groups -OCH3 is 1. The third-order valence-corrected chi connectivity index (χ3v) is 3.10. The Labute approximate surface area is 109 Å². The molecule has 88 valence electrons. The second kappa shape index (κ2) is 5.68. The summed E-state index contributed by atoms with van der Waals surface area (Å²) in [6.07, 6.45) is 1.76. The summed E-state index contributed by atoms with van der Waals surface area (Å²) in [6.45, 7) is 0.724. The summed E-state index contributed by atoms with van der Waals surface area (Å²) in [4.78, 5) is 4.18. The van der Waals surface area contributed by atoms with Crippen LogP contribution >= 0.6 is 15.9 Å². The van der Waals surface area contributed by atoms with E-state index in [4.69, 9.17) is 4.74 Å². The van der Waals surface area contributed by atoms with E-state index < -0.39 is 0 Å². The van der Waals surface area contributed by atoms with Gasteiger partial charge in [-0.3, -0.25) is 0 Å². The number of benzene rings is 1. The number of rotatable bonds is 4. The monoisotopic (exact) mass is 292 g/mol. The number of halogens is 1. The van der Waals surface area contributed by atoms with Crippen molar-refractivity contribution in [3.8, 4) is 5.75 Å². The molecule has 0 amide bonds. The standard InChI is InChI=1S/C13H13BrN2O/c1-17-12-6-2-5-11(8-12)16-9-10-4-3-7-15-13(10)14/h2-8,16H,9H2,1H3. The number of nitrogens with one attached hydrogen (secondary N) is 1. The van der Waals surface area contributed by atoms with Gasteiger partial charge in [-0.05, 0) is 34.1 Å². The average molecular weight is 293 g/mol. The molecule has 0 aliphatic carbocycles. The highest BCUT2D eigenvalue weighted by Gasteiger charge is 2.00. The van der Waals surface area contributed by atoms with Gasteiger partial charge in [0.2, 0.25) is 0 Å². The fourth-order valence-corrected chi connectivity index (χ4v) is 1.87. The van der Waals surface area contributed by atoms with Crippen LogP contribution in [0.25, 0.3) is 0 Å². The van der Waals surface area contributed by atoms with Gasteiger partial charge in [0.15, 0.2) is 0 Å². The number of pyridine rings is 1. The average Bonchev–Trinajstić information content (AvgIpc) is 2.38. The molecular formula is C13H13BrN2O. The summed E-state index contributed by atoms with van der Waals surface area (Å²) in [7, 11) is 1.66. The molecule has 2 aromatic rings. The molecule has 4 heteroatoms. The van der Waals surface area contributed by atoms with Crippen LogP contribution in [0.15, 0.2) is 47.2 Å². The molecule has 1 aromatic heterocycles. The van der Waals surface area contributed by atoms with Gasteiger partial charge < -0.3 is 10.1 Å². The van der Waals surface area contributed by atoms with Crippen molar-refractivity contribution in [2.45, 2.75) is 6.54 Å². The second-order valence-corrected chi connectivity index (χ2v) is 4.29. The zero-order valence-corrected chi connectivity index (χ0v) is 11.1. The van der Waals surface area contributed by atoms with E-state index in [-0.39, 0.29) is 0 Å². The minimum atomic E-state index is 0.724. The van der Waals surface area contributed by atoms with Crippen LogP contribution in [0.3, 0.4) is 0 Å². The largest absolute Gasteiger partial charge is 0.497 e. The quantitative estimate of drug-likeness (QED) is 0.877. The Morgan fingerprint density at radius 1 is 1.29 bits per heavy atom. The van der Waals surface area contributed by atoms with Gasteiger partial charge in [0, 0.05) is 30.1 Å². The predicted molar refractivity (Wildman–Crippen MR) is 72.3 cm³/mol. The molecular weight excluding hydrogens is 280 g/mol. The Morgan fingerprint density at radius 3 is 2.94 bits per heavy atom. The van der Waals surface area contributed by atoms with Crippen molar-refractivity contribution in [1.29, 1.82) is 0 Å². The van der Waals surface area contributed by atoms with E-state index in [1.807, 2.05) is 36.4 Å². The molecule has 0 atom stereocenters. The van der Waals surface area contributed by atoms with Crippen molar-refractivity contribution in [2.24, 2.45) is 0 Å². The van der Waals surface area contributed by atoms with Gasteiger partial charge in [-0.15, -0.1) is 0 Å². The van der Waals surface area contributed by atoms with E-state index in [0.717, 1.165) is 28.1 Å². The molecule has 1 aromatic carbocycles. The van der Waals surface area contributed by atoms with Gasteiger partial charge in [0.1, 0.15) is 10.4 Å².